The monoisotopic (exact) mass is 284 g/mol. The van der Waals surface area contributed by atoms with Gasteiger partial charge in [0.25, 0.3) is 0 Å². The maximum Gasteiger partial charge on any atom is 0.0936 e. The number of rotatable bonds is 2. The van der Waals surface area contributed by atoms with Crippen LogP contribution in [0.4, 0.5) is 5.69 Å². The number of nitrogens with one attached hydrogen (secondary N) is 1. The fourth-order valence-electron chi connectivity index (χ4n) is 3.34. The zero-order valence-electron chi connectivity index (χ0n) is 13.5. The van der Waals surface area contributed by atoms with Crippen LogP contribution in [0.1, 0.15) is 39.8 Å². The van der Waals surface area contributed by atoms with Gasteiger partial charge < -0.3 is 10.1 Å². The van der Waals surface area contributed by atoms with Gasteiger partial charge in [-0.1, -0.05) is 18.2 Å². The second kappa shape index (κ2) is 4.70. The van der Waals surface area contributed by atoms with Crippen molar-refractivity contribution in [1.29, 1.82) is 0 Å². The van der Waals surface area contributed by atoms with Crippen molar-refractivity contribution in [2.45, 2.75) is 58.3 Å². The third-order valence-corrected chi connectivity index (χ3v) is 4.26. The summed E-state index contributed by atoms with van der Waals surface area (Å²) in [7, 11) is 0. The highest BCUT2D eigenvalue weighted by atomic mass is 16.5. The number of hydrogen-bond acceptors (Lipinski definition) is 3. The molecule has 1 fully saturated rings. The lowest BCUT2D eigenvalue weighted by atomic mass is 9.94. The number of anilines is 1. The summed E-state index contributed by atoms with van der Waals surface area (Å²) in [5.41, 5.74) is 2.90. The molecule has 0 bridgehead atoms. The van der Waals surface area contributed by atoms with E-state index in [0.717, 1.165) is 23.3 Å². The Kier molecular flexibility index (Phi) is 3.21. The molecule has 1 aromatic carbocycles. The maximum atomic E-state index is 6.17. The number of hydrogen-bond donors (Lipinski definition) is 1. The molecule has 1 saturated heterocycles. The topological polar surface area (TPSA) is 34.1 Å². The number of benzene rings is 1. The van der Waals surface area contributed by atoms with E-state index in [0.29, 0.717) is 0 Å². The normalized spacial score (nSPS) is 23.4. The Morgan fingerprint density at radius 2 is 1.90 bits per heavy atom. The average Bonchev–Trinajstić information content (AvgIpc) is 2.58. The molecule has 0 amide bonds. The number of para-hydroxylation sites is 1. The van der Waals surface area contributed by atoms with E-state index < -0.39 is 0 Å². The Bertz CT molecular complexity index is 676. The van der Waals surface area contributed by atoms with E-state index in [4.69, 9.17) is 9.72 Å². The van der Waals surface area contributed by atoms with Crippen LogP contribution in [0, 0.1) is 6.92 Å². The summed E-state index contributed by atoms with van der Waals surface area (Å²) in [5, 5.41) is 4.84. The van der Waals surface area contributed by atoms with E-state index >= 15 is 0 Å². The first-order chi connectivity index (χ1) is 9.77. The molecule has 21 heavy (non-hydrogen) atoms. The van der Waals surface area contributed by atoms with Crippen molar-refractivity contribution < 1.29 is 4.74 Å². The van der Waals surface area contributed by atoms with Crippen LogP contribution in [-0.4, -0.2) is 22.2 Å². The fraction of sp³-hybridized carbons (Fsp3) is 0.500. The zero-order chi connectivity index (χ0) is 15.3. The standard InChI is InChI=1S/C18H24N2O/c1-12-9-10-13-7-6-8-14(16(13)19-12)20-15-11-17(2,3)21-18(15,4)5/h6-10,15,20H,11H2,1-5H3. The molecule has 3 heteroatoms. The molecule has 1 aliphatic rings. The SMILES string of the molecule is Cc1ccc2cccc(NC3CC(C)(C)OC3(C)C)c2n1. The van der Waals surface area contributed by atoms with Crippen LogP contribution in [0.3, 0.4) is 0 Å². The molecule has 1 atom stereocenters. The minimum absolute atomic E-state index is 0.0882. The molecule has 1 unspecified atom stereocenters. The molecule has 1 N–H and O–H groups in total. The fourth-order valence-corrected chi connectivity index (χ4v) is 3.34. The van der Waals surface area contributed by atoms with Gasteiger partial charge in [0.2, 0.25) is 0 Å². The second-order valence-electron chi connectivity index (χ2n) is 7.20. The van der Waals surface area contributed by atoms with Crippen LogP contribution >= 0.6 is 0 Å². The van der Waals surface area contributed by atoms with Gasteiger partial charge in [-0.25, -0.2) is 0 Å². The number of aromatic nitrogens is 1. The average molecular weight is 284 g/mol. The first-order valence-corrected chi connectivity index (χ1v) is 7.60. The summed E-state index contributed by atoms with van der Waals surface area (Å²) < 4.78 is 6.17. The van der Waals surface area contributed by atoms with Crippen LogP contribution in [0.2, 0.25) is 0 Å². The summed E-state index contributed by atoms with van der Waals surface area (Å²) >= 11 is 0. The Balaban J connectivity index is 1.97. The third-order valence-electron chi connectivity index (χ3n) is 4.26. The second-order valence-corrected chi connectivity index (χ2v) is 7.20. The molecule has 0 saturated carbocycles. The van der Waals surface area contributed by atoms with Gasteiger partial charge in [-0.3, -0.25) is 4.98 Å². The van der Waals surface area contributed by atoms with Crippen LogP contribution < -0.4 is 5.32 Å². The molecule has 112 valence electrons. The van der Waals surface area contributed by atoms with Crippen LogP contribution in [0.15, 0.2) is 30.3 Å². The predicted octanol–water partition coefficient (Wildman–Crippen LogP) is 4.30. The molecule has 0 radical (unpaired) electrons. The first kappa shape index (κ1) is 14.3. The van der Waals surface area contributed by atoms with Crippen molar-refractivity contribution in [3.8, 4) is 0 Å². The van der Waals surface area contributed by atoms with E-state index in [1.807, 2.05) is 6.92 Å². The van der Waals surface area contributed by atoms with Gasteiger partial charge in [-0.2, -0.15) is 0 Å². The van der Waals surface area contributed by atoms with Crippen molar-refractivity contribution in [2.75, 3.05) is 5.32 Å². The van der Waals surface area contributed by atoms with E-state index in [1.54, 1.807) is 0 Å². The predicted molar refractivity (Wildman–Crippen MR) is 87.8 cm³/mol. The largest absolute Gasteiger partial charge is 0.378 e. The molecule has 2 heterocycles. The van der Waals surface area contributed by atoms with Gasteiger partial charge in [0.1, 0.15) is 0 Å². The van der Waals surface area contributed by atoms with E-state index in [2.05, 4.69) is 63.3 Å². The van der Waals surface area contributed by atoms with Crippen LogP contribution in [0.25, 0.3) is 10.9 Å². The number of pyridine rings is 1. The molecule has 1 aromatic heterocycles. The minimum atomic E-state index is -0.185. The lowest BCUT2D eigenvalue weighted by Crippen LogP contribution is -2.38. The number of fused-ring (bicyclic) bond motifs is 1. The Hall–Kier alpha value is -1.61. The van der Waals surface area contributed by atoms with Gasteiger partial charge in [0.05, 0.1) is 28.4 Å². The number of nitrogens with zero attached hydrogens (tertiary/aromatic N) is 1. The Labute approximate surface area is 126 Å². The van der Waals surface area contributed by atoms with Crippen molar-refractivity contribution >= 4 is 16.6 Å². The molecule has 2 aromatic rings. The molecular formula is C18H24N2O. The van der Waals surface area contributed by atoms with Gasteiger partial charge in [0, 0.05) is 11.1 Å². The van der Waals surface area contributed by atoms with Crippen molar-refractivity contribution in [1.82, 2.24) is 4.98 Å². The highest BCUT2D eigenvalue weighted by Crippen LogP contribution is 2.39. The molecule has 3 nitrogen and oxygen atoms in total. The first-order valence-electron chi connectivity index (χ1n) is 7.60. The Morgan fingerprint density at radius 3 is 2.57 bits per heavy atom. The van der Waals surface area contributed by atoms with Crippen molar-refractivity contribution in [3.63, 3.8) is 0 Å². The summed E-state index contributed by atoms with van der Waals surface area (Å²) in [6, 6.07) is 10.8. The van der Waals surface area contributed by atoms with E-state index in [1.165, 1.54) is 5.39 Å². The van der Waals surface area contributed by atoms with Crippen molar-refractivity contribution in [2.24, 2.45) is 0 Å². The molecule has 1 aliphatic heterocycles. The van der Waals surface area contributed by atoms with E-state index in [-0.39, 0.29) is 17.2 Å². The van der Waals surface area contributed by atoms with Gasteiger partial charge in [-0.15, -0.1) is 0 Å². The summed E-state index contributed by atoms with van der Waals surface area (Å²) in [4.78, 5) is 4.70. The minimum Gasteiger partial charge on any atom is -0.378 e. The summed E-state index contributed by atoms with van der Waals surface area (Å²) in [6.45, 7) is 10.7. The molecule has 0 spiro atoms. The summed E-state index contributed by atoms with van der Waals surface area (Å²) in [6.07, 6.45) is 0.988. The maximum absolute atomic E-state index is 6.17. The van der Waals surface area contributed by atoms with E-state index in [9.17, 15) is 0 Å². The van der Waals surface area contributed by atoms with Gasteiger partial charge in [-0.05, 0) is 53.2 Å². The lowest BCUT2D eigenvalue weighted by molar-refractivity contribution is -0.0662. The van der Waals surface area contributed by atoms with Gasteiger partial charge >= 0.3 is 0 Å². The van der Waals surface area contributed by atoms with Gasteiger partial charge in [0.15, 0.2) is 0 Å². The molecular weight excluding hydrogens is 260 g/mol. The molecule has 0 aliphatic carbocycles. The van der Waals surface area contributed by atoms with Crippen LogP contribution in [-0.2, 0) is 4.74 Å². The Morgan fingerprint density at radius 1 is 1.14 bits per heavy atom. The van der Waals surface area contributed by atoms with Crippen molar-refractivity contribution in [3.05, 3.63) is 36.0 Å². The quantitative estimate of drug-likeness (QED) is 0.892. The third kappa shape index (κ3) is 2.75. The highest BCUT2D eigenvalue weighted by Gasteiger charge is 2.45. The highest BCUT2D eigenvalue weighted by molar-refractivity contribution is 5.90. The van der Waals surface area contributed by atoms with Crippen LogP contribution in [0.5, 0.6) is 0 Å². The molecule has 3 rings (SSSR count). The zero-order valence-corrected chi connectivity index (χ0v) is 13.5. The summed E-state index contributed by atoms with van der Waals surface area (Å²) in [5.74, 6) is 0. The number of aryl methyl sites for hydroxylation is 1. The number of ether oxygens (including phenoxy) is 1. The smallest absolute Gasteiger partial charge is 0.0936 e. The lowest BCUT2D eigenvalue weighted by Gasteiger charge is -2.28.